The van der Waals surface area contributed by atoms with Gasteiger partial charge < -0.3 is 10.6 Å². The van der Waals surface area contributed by atoms with Crippen LogP contribution >= 0.6 is 0 Å². The summed E-state index contributed by atoms with van der Waals surface area (Å²) in [6, 6.07) is 16.6. The van der Waals surface area contributed by atoms with Crippen molar-refractivity contribution in [3.63, 3.8) is 0 Å². The van der Waals surface area contributed by atoms with Crippen molar-refractivity contribution < 1.29 is 9.18 Å². The molecule has 2 aromatic carbocycles. The molecule has 0 atom stereocenters. The largest absolute Gasteiger partial charge is 0.324 e. The van der Waals surface area contributed by atoms with Crippen molar-refractivity contribution in [2.75, 3.05) is 10.6 Å². The van der Waals surface area contributed by atoms with Crippen LogP contribution in [0.4, 0.5) is 21.7 Å². The molecule has 0 aliphatic rings. The van der Waals surface area contributed by atoms with Crippen molar-refractivity contribution in [2.45, 2.75) is 6.92 Å². The van der Waals surface area contributed by atoms with Crippen molar-refractivity contribution >= 4 is 23.2 Å². The smallest absolute Gasteiger partial charge is 0.274 e. The van der Waals surface area contributed by atoms with Gasteiger partial charge in [0, 0.05) is 17.1 Å². The molecule has 5 nitrogen and oxygen atoms in total. The van der Waals surface area contributed by atoms with Crippen molar-refractivity contribution in [1.82, 2.24) is 9.97 Å². The second-order valence-corrected chi connectivity index (χ2v) is 5.17. The summed E-state index contributed by atoms with van der Waals surface area (Å²) >= 11 is 0. The van der Waals surface area contributed by atoms with Gasteiger partial charge in [-0.2, -0.15) is 0 Å². The molecule has 120 valence electrons. The Bertz CT molecular complexity index is 851. The second kappa shape index (κ2) is 6.87. The third kappa shape index (κ3) is 3.92. The summed E-state index contributed by atoms with van der Waals surface area (Å²) in [6.07, 6.45) is 0. The average molecular weight is 322 g/mol. The van der Waals surface area contributed by atoms with Gasteiger partial charge >= 0.3 is 0 Å². The molecule has 0 unspecified atom stereocenters. The molecule has 6 heteroatoms. The number of carbonyl (C=O) groups excluding carboxylic acids is 1. The topological polar surface area (TPSA) is 66.9 Å². The lowest BCUT2D eigenvalue weighted by molar-refractivity contribution is 0.102. The van der Waals surface area contributed by atoms with Crippen LogP contribution in [0.25, 0.3) is 0 Å². The van der Waals surface area contributed by atoms with E-state index in [1.165, 1.54) is 12.1 Å². The molecule has 3 aromatic rings. The molecule has 0 radical (unpaired) electrons. The fourth-order valence-corrected chi connectivity index (χ4v) is 2.12. The molecular formula is C18H15FN4O. The first-order chi connectivity index (χ1) is 11.6. The minimum absolute atomic E-state index is 0.246. The number of anilines is 3. The minimum atomic E-state index is -0.325. The van der Waals surface area contributed by atoms with Crippen LogP contribution in [-0.2, 0) is 0 Å². The molecule has 0 fully saturated rings. The first kappa shape index (κ1) is 15.6. The quantitative estimate of drug-likeness (QED) is 0.764. The highest BCUT2D eigenvalue weighted by Crippen LogP contribution is 2.15. The standard InChI is InChI=1S/C18H15FN4O/c1-12-11-16(17(24)21-14-5-3-2-4-6-14)23-18(20-12)22-15-9-7-13(19)8-10-15/h2-11H,1H3,(H,21,24)(H,20,22,23). The van der Waals surface area contributed by atoms with Crippen LogP contribution in [0, 0.1) is 12.7 Å². The van der Waals surface area contributed by atoms with E-state index in [2.05, 4.69) is 20.6 Å². The molecule has 1 amide bonds. The molecule has 0 saturated carbocycles. The zero-order chi connectivity index (χ0) is 16.9. The lowest BCUT2D eigenvalue weighted by atomic mass is 10.3. The Hall–Kier alpha value is -3.28. The highest BCUT2D eigenvalue weighted by Gasteiger charge is 2.11. The summed E-state index contributed by atoms with van der Waals surface area (Å²) in [5.41, 5.74) is 2.21. The number of nitrogens with one attached hydrogen (secondary N) is 2. The second-order valence-electron chi connectivity index (χ2n) is 5.17. The lowest BCUT2D eigenvalue weighted by Gasteiger charge is -2.09. The van der Waals surface area contributed by atoms with Gasteiger partial charge in [-0.05, 0) is 49.4 Å². The molecule has 1 heterocycles. The van der Waals surface area contributed by atoms with Crippen LogP contribution in [0.1, 0.15) is 16.2 Å². The Balaban J connectivity index is 1.80. The Morgan fingerprint density at radius 3 is 2.38 bits per heavy atom. The summed E-state index contributed by atoms with van der Waals surface area (Å²) in [4.78, 5) is 20.8. The number of carbonyl (C=O) groups is 1. The van der Waals surface area contributed by atoms with E-state index in [1.54, 1.807) is 37.3 Å². The number of benzene rings is 2. The molecule has 0 saturated heterocycles. The monoisotopic (exact) mass is 322 g/mol. The van der Waals surface area contributed by atoms with Crippen molar-refractivity contribution in [2.24, 2.45) is 0 Å². The maximum absolute atomic E-state index is 13.0. The van der Waals surface area contributed by atoms with E-state index in [9.17, 15) is 9.18 Å². The van der Waals surface area contributed by atoms with E-state index in [-0.39, 0.29) is 23.4 Å². The summed E-state index contributed by atoms with van der Waals surface area (Å²) in [5, 5.41) is 5.74. The van der Waals surface area contributed by atoms with E-state index in [0.717, 1.165) is 0 Å². The maximum Gasteiger partial charge on any atom is 0.274 e. The zero-order valence-electron chi connectivity index (χ0n) is 13.0. The number of hydrogen-bond acceptors (Lipinski definition) is 4. The normalized spacial score (nSPS) is 10.2. The molecule has 3 rings (SSSR count). The van der Waals surface area contributed by atoms with Crippen molar-refractivity contribution in [3.8, 4) is 0 Å². The van der Waals surface area contributed by atoms with Gasteiger partial charge in [-0.1, -0.05) is 18.2 Å². The van der Waals surface area contributed by atoms with Crippen LogP contribution in [0.3, 0.4) is 0 Å². The molecule has 1 aromatic heterocycles. The maximum atomic E-state index is 13.0. The lowest BCUT2D eigenvalue weighted by Crippen LogP contribution is -2.15. The Morgan fingerprint density at radius 2 is 1.67 bits per heavy atom. The van der Waals surface area contributed by atoms with E-state index in [1.807, 2.05) is 18.2 Å². The van der Waals surface area contributed by atoms with E-state index >= 15 is 0 Å². The first-order valence-electron chi connectivity index (χ1n) is 7.35. The fraction of sp³-hybridized carbons (Fsp3) is 0.0556. The van der Waals surface area contributed by atoms with E-state index < -0.39 is 0 Å². The van der Waals surface area contributed by atoms with Gasteiger partial charge in [-0.15, -0.1) is 0 Å². The number of para-hydroxylation sites is 1. The molecule has 0 bridgehead atoms. The van der Waals surface area contributed by atoms with Gasteiger partial charge in [0.05, 0.1) is 0 Å². The Kier molecular flexibility index (Phi) is 4.47. The van der Waals surface area contributed by atoms with Crippen molar-refractivity contribution in [1.29, 1.82) is 0 Å². The van der Waals surface area contributed by atoms with Crippen LogP contribution < -0.4 is 10.6 Å². The third-order valence-electron chi connectivity index (χ3n) is 3.22. The third-order valence-corrected chi connectivity index (χ3v) is 3.22. The average Bonchev–Trinajstić information content (AvgIpc) is 2.57. The van der Waals surface area contributed by atoms with Gasteiger partial charge in [0.2, 0.25) is 5.95 Å². The predicted molar refractivity (Wildman–Crippen MR) is 90.8 cm³/mol. The highest BCUT2D eigenvalue weighted by atomic mass is 19.1. The van der Waals surface area contributed by atoms with Crippen LogP contribution in [0.15, 0.2) is 60.7 Å². The molecule has 2 N–H and O–H groups in total. The van der Waals surface area contributed by atoms with Gasteiger partial charge in [-0.25, -0.2) is 14.4 Å². The highest BCUT2D eigenvalue weighted by molar-refractivity contribution is 6.03. The summed E-state index contributed by atoms with van der Waals surface area (Å²) in [6.45, 7) is 1.77. The molecule has 0 spiro atoms. The van der Waals surface area contributed by atoms with E-state index in [4.69, 9.17) is 0 Å². The van der Waals surface area contributed by atoms with Gasteiger partial charge in [0.1, 0.15) is 11.5 Å². The Morgan fingerprint density at radius 1 is 0.958 bits per heavy atom. The van der Waals surface area contributed by atoms with Crippen LogP contribution in [0.5, 0.6) is 0 Å². The molecule has 24 heavy (non-hydrogen) atoms. The zero-order valence-corrected chi connectivity index (χ0v) is 13.0. The SMILES string of the molecule is Cc1cc(C(=O)Nc2ccccc2)nc(Nc2ccc(F)cc2)n1. The van der Waals surface area contributed by atoms with Crippen molar-refractivity contribution in [3.05, 3.63) is 77.9 Å². The van der Waals surface area contributed by atoms with Gasteiger partial charge in [-0.3, -0.25) is 4.79 Å². The number of aromatic nitrogens is 2. The number of amides is 1. The predicted octanol–water partition coefficient (Wildman–Crippen LogP) is 3.92. The molecular weight excluding hydrogens is 307 g/mol. The first-order valence-corrected chi connectivity index (χ1v) is 7.35. The van der Waals surface area contributed by atoms with E-state index in [0.29, 0.717) is 17.1 Å². The van der Waals surface area contributed by atoms with Gasteiger partial charge in [0.15, 0.2) is 0 Å². The molecule has 0 aliphatic heterocycles. The van der Waals surface area contributed by atoms with Crippen LogP contribution in [-0.4, -0.2) is 15.9 Å². The number of aryl methyl sites for hydroxylation is 1. The minimum Gasteiger partial charge on any atom is -0.324 e. The number of hydrogen-bond donors (Lipinski definition) is 2. The summed E-state index contributed by atoms with van der Waals surface area (Å²) in [5.74, 6) is -0.373. The number of nitrogens with zero attached hydrogens (tertiary/aromatic N) is 2. The molecule has 0 aliphatic carbocycles. The van der Waals surface area contributed by atoms with Gasteiger partial charge in [0.25, 0.3) is 5.91 Å². The van der Waals surface area contributed by atoms with Crippen LogP contribution in [0.2, 0.25) is 0 Å². The Labute approximate surface area is 138 Å². The fourth-order valence-electron chi connectivity index (χ4n) is 2.12. The summed E-state index contributed by atoms with van der Waals surface area (Å²) < 4.78 is 13.0. The number of rotatable bonds is 4. The number of halogens is 1. The summed E-state index contributed by atoms with van der Waals surface area (Å²) in [7, 11) is 0.